The van der Waals surface area contributed by atoms with Crippen molar-refractivity contribution in [3.63, 3.8) is 0 Å². The Morgan fingerprint density at radius 1 is 1.17 bits per heavy atom. The van der Waals surface area contributed by atoms with Crippen LogP contribution in [0.3, 0.4) is 0 Å². The zero-order valence-electron chi connectivity index (χ0n) is 16.8. The molecule has 0 saturated carbocycles. The molecule has 7 nitrogen and oxygen atoms in total. The summed E-state index contributed by atoms with van der Waals surface area (Å²) >= 11 is 1.31. The number of benzene rings is 2. The Morgan fingerprint density at radius 2 is 1.90 bits per heavy atom. The Hall–Kier alpha value is -3.26. The molecule has 1 saturated heterocycles. The SMILES string of the molecule is CCc1ccc(N2C[C@@H](c3nnc(NC(=O)c4ccc(OC)cc4)s3)CC2=O)cc1. The zero-order chi connectivity index (χ0) is 21.1. The first-order valence-electron chi connectivity index (χ1n) is 9.75. The maximum absolute atomic E-state index is 12.5. The summed E-state index contributed by atoms with van der Waals surface area (Å²) in [6.07, 6.45) is 1.35. The molecule has 30 heavy (non-hydrogen) atoms. The quantitative estimate of drug-likeness (QED) is 0.652. The number of methoxy groups -OCH3 is 1. The minimum Gasteiger partial charge on any atom is -0.497 e. The van der Waals surface area contributed by atoms with Gasteiger partial charge in [0, 0.05) is 30.1 Å². The molecule has 154 valence electrons. The number of carbonyl (C=O) groups excluding carboxylic acids is 2. The largest absolute Gasteiger partial charge is 0.497 e. The maximum Gasteiger partial charge on any atom is 0.257 e. The normalized spacial score (nSPS) is 16.0. The van der Waals surface area contributed by atoms with Gasteiger partial charge in [-0.1, -0.05) is 30.4 Å². The topological polar surface area (TPSA) is 84.4 Å². The number of carbonyl (C=O) groups is 2. The van der Waals surface area contributed by atoms with Crippen LogP contribution in [0.5, 0.6) is 5.75 Å². The highest BCUT2D eigenvalue weighted by atomic mass is 32.1. The molecule has 3 aromatic rings. The molecule has 0 radical (unpaired) electrons. The van der Waals surface area contributed by atoms with Gasteiger partial charge in [-0.25, -0.2) is 0 Å². The summed E-state index contributed by atoms with van der Waals surface area (Å²) in [4.78, 5) is 26.7. The van der Waals surface area contributed by atoms with Crippen molar-refractivity contribution in [1.29, 1.82) is 0 Å². The molecule has 0 bridgehead atoms. The fraction of sp³-hybridized carbons (Fsp3) is 0.273. The van der Waals surface area contributed by atoms with Gasteiger partial charge in [0.05, 0.1) is 7.11 Å². The summed E-state index contributed by atoms with van der Waals surface area (Å²) in [5.74, 6) is 0.459. The summed E-state index contributed by atoms with van der Waals surface area (Å²) < 4.78 is 5.10. The third-order valence-corrected chi connectivity index (χ3v) is 6.15. The molecular formula is C22H22N4O3S. The lowest BCUT2D eigenvalue weighted by Crippen LogP contribution is -2.24. The highest BCUT2D eigenvalue weighted by Crippen LogP contribution is 2.34. The Morgan fingerprint density at radius 3 is 2.57 bits per heavy atom. The summed E-state index contributed by atoms with van der Waals surface area (Å²) in [6, 6.07) is 14.9. The minimum absolute atomic E-state index is 0.0347. The average Bonchev–Trinajstić information content (AvgIpc) is 3.40. The van der Waals surface area contributed by atoms with Gasteiger partial charge >= 0.3 is 0 Å². The van der Waals surface area contributed by atoms with E-state index in [0.29, 0.717) is 29.4 Å². The lowest BCUT2D eigenvalue weighted by Gasteiger charge is -2.16. The van der Waals surface area contributed by atoms with Crippen molar-refractivity contribution in [3.8, 4) is 5.75 Å². The van der Waals surface area contributed by atoms with Crippen LogP contribution < -0.4 is 15.0 Å². The van der Waals surface area contributed by atoms with E-state index < -0.39 is 0 Å². The van der Waals surface area contributed by atoms with Crippen LogP contribution in [-0.4, -0.2) is 35.7 Å². The summed E-state index contributed by atoms with van der Waals surface area (Å²) in [7, 11) is 1.58. The molecular weight excluding hydrogens is 400 g/mol. The molecule has 1 aliphatic rings. The second-order valence-electron chi connectivity index (χ2n) is 7.05. The van der Waals surface area contributed by atoms with Crippen LogP contribution in [0.4, 0.5) is 10.8 Å². The van der Waals surface area contributed by atoms with Crippen molar-refractivity contribution in [2.45, 2.75) is 25.7 Å². The van der Waals surface area contributed by atoms with Gasteiger partial charge in [-0.15, -0.1) is 10.2 Å². The first-order valence-corrected chi connectivity index (χ1v) is 10.6. The van der Waals surface area contributed by atoms with Crippen molar-refractivity contribution in [1.82, 2.24) is 10.2 Å². The minimum atomic E-state index is -0.263. The van der Waals surface area contributed by atoms with Crippen LogP contribution >= 0.6 is 11.3 Å². The third kappa shape index (κ3) is 4.18. The number of hydrogen-bond acceptors (Lipinski definition) is 6. The zero-order valence-corrected chi connectivity index (χ0v) is 17.6. The number of ether oxygens (including phenoxy) is 1. The third-order valence-electron chi connectivity index (χ3n) is 5.14. The molecule has 0 unspecified atom stereocenters. The van der Waals surface area contributed by atoms with E-state index in [-0.39, 0.29) is 17.7 Å². The number of hydrogen-bond donors (Lipinski definition) is 1. The van der Waals surface area contributed by atoms with Crippen LogP contribution in [0.15, 0.2) is 48.5 Å². The molecule has 2 aromatic carbocycles. The Kier molecular flexibility index (Phi) is 5.76. The first kappa shape index (κ1) is 20.0. The number of nitrogens with one attached hydrogen (secondary N) is 1. The summed E-state index contributed by atoms with van der Waals surface area (Å²) in [5, 5.41) is 12.2. The van der Waals surface area contributed by atoms with E-state index in [1.165, 1.54) is 16.9 Å². The van der Waals surface area contributed by atoms with Gasteiger partial charge in [-0.05, 0) is 48.4 Å². The Bertz CT molecular complexity index is 1050. The van der Waals surface area contributed by atoms with E-state index >= 15 is 0 Å². The van der Waals surface area contributed by atoms with E-state index in [1.807, 2.05) is 24.3 Å². The molecule has 1 atom stereocenters. The van der Waals surface area contributed by atoms with Crippen LogP contribution in [0.2, 0.25) is 0 Å². The van der Waals surface area contributed by atoms with Crippen molar-refractivity contribution < 1.29 is 14.3 Å². The van der Waals surface area contributed by atoms with Crippen LogP contribution in [0, 0.1) is 0 Å². The van der Waals surface area contributed by atoms with Crippen LogP contribution in [-0.2, 0) is 11.2 Å². The lowest BCUT2D eigenvalue weighted by atomic mass is 10.1. The molecule has 0 spiro atoms. The van der Waals surface area contributed by atoms with E-state index in [1.54, 1.807) is 36.3 Å². The van der Waals surface area contributed by atoms with E-state index in [0.717, 1.165) is 17.1 Å². The summed E-state index contributed by atoms with van der Waals surface area (Å²) in [6.45, 7) is 2.66. The fourth-order valence-electron chi connectivity index (χ4n) is 3.40. The second-order valence-corrected chi connectivity index (χ2v) is 8.06. The molecule has 8 heteroatoms. The molecule has 0 aliphatic carbocycles. The van der Waals surface area contributed by atoms with Crippen molar-refractivity contribution in [2.75, 3.05) is 23.9 Å². The van der Waals surface area contributed by atoms with Gasteiger partial charge in [0.15, 0.2) is 0 Å². The van der Waals surface area contributed by atoms with Gasteiger partial charge < -0.3 is 9.64 Å². The lowest BCUT2D eigenvalue weighted by molar-refractivity contribution is -0.117. The second kappa shape index (κ2) is 8.62. The predicted octanol–water partition coefficient (Wildman–Crippen LogP) is 3.88. The maximum atomic E-state index is 12.5. The molecule has 2 heterocycles. The number of nitrogens with zero attached hydrogens (tertiary/aromatic N) is 3. The van der Waals surface area contributed by atoms with Crippen LogP contribution in [0.1, 0.15) is 40.2 Å². The number of rotatable bonds is 6. The number of anilines is 2. The van der Waals surface area contributed by atoms with Gasteiger partial charge in [0.2, 0.25) is 11.0 Å². The summed E-state index contributed by atoms with van der Waals surface area (Å²) in [5.41, 5.74) is 2.64. The van der Waals surface area contributed by atoms with Crippen molar-refractivity contribution in [3.05, 3.63) is 64.7 Å². The standard InChI is InChI=1S/C22H22N4O3S/c1-3-14-4-8-17(9-5-14)26-13-16(12-19(26)27)21-24-25-22(30-21)23-20(28)15-6-10-18(29-2)11-7-15/h4-11,16H,3,12-13H2,1-2H3,(H,23,25,28)/t16-/m0/s1. The van der Waals surface area contributed by atoms with E-state index in [4.69, 9.17) is 4.74 Å². The fourth-order valence-corrected chi connectivity index (χ4v) is 4.23. The average molecular weight is 423 g/mol. The predicted molar refractivity (Wildman–Crippen MR) is 116 cm³/mol. The molecule has 1 aliphatic heterocycles. The monoisotopic (exact) mass is 422 g/mol. The van der Waals surface area contributed by atoms with Crippen molar-refractivity contribution >= 4 is 34.0 Å². The molecule has 2 amide bonds. The first-order chi connectivity index (χ1) is 14.6. The van der Waals surface area contributed by atoms with Gasteiger partial charge in [-0.3, -0.25) is 14.9 Å². The van der Waals surface area contributed by atoms with Gasteiger partial charge in [-0.2, -0.15) is 0 Å². The molecule has 1 aromatic heterocycles. The van der Waals surface area contributed by atoms with E-state index in [9.17, 15) is 9.59 Å². The van der Waals surface area contributed by atoms with Gasteiger partial charge in [0.25, 0.3) is 5.91 Å². The van der Waals surface area contributed by atoms with Crippen molar-refractivity contribution in [2.24, 2.45) is 0 Å². The Labute approximate surface area is 178 Å². The van der Waals surface area contributed by atoms with Crippen LogP contribution in [0.25, 0.3) is 0 Å². The molecule has 1 fully saturated rings. The molecule has 4 rings (SSSR count). The number of amides is 2. The highest BCUT2D eigenvalue weighted by molar-refractivity contribution is 7.15. The Balaban J connectivity index is 1.42. The van der Waals surface area contributed by atoms with E-state index in [2.05, 4.69) is 22.4 Å². The number of aromatic nitrogens is 2. The van der Waals surface area contributed by atoms with Gasteiger partial charge in [0.1, 0.15) is 10.8 Å². The smallest absolute Gasteiger partial charge is 0.257 e. The highest BCUT2D eigenvalue weighted by Gasteiger charge is 2.34. The number of aryl methyl sites for hydroxylation is 1. The molecule has 1 N–H and O–H groups in total.